The number of aliphatic hydroxyl groups excluding tert-OH is 1. The van der Waals surface area contributed by atoms with E-state index < -0.39 is 5.91 Å². The van der Waals surface area contributed by atoms with Gasteiger partial charge in [0.2, 0.25) is 0 Å². The first-order chi connectivity index (χ1) is 14.6. The van der Waals surface area contributed by atoms with Gasteiger partial charge in [0, 0.05) is 24.1 Å². The van der Waals surface area contributed by atoms with Crippen LogP contribution < -0.4 is 11.1 Å². The van der Waals surface area contributed by atoms with Crippen LogP contribution in [0.3, 0.4) is 0 Å². The van der Waals surface area contributed by atoms with Crippen molar-refractivity contribution in [3.63, 3.8) is 0 Å². The summed E-state index contributed by atoms with van der Waals surface area (Å²) in [6.45, 7) is 0. The molecule has 5 heteroatoms. The van der Waals surface area contributed by atoms with E-state index in [1.807, 2.05) is 48.8 Å². The Morgan fingerprint density at radius 1 is 1.03 bits per heavy atom. The summed E-state index contributed by atoms with van der Waals surface area (Å²) < 4.78 is 0. The van der Waals surface area contributed by atoms with Crippen molar-refractivity contribution in [2.24, 2.45) is 5.73 Å². The summed E-state index contributed by atoms with van der Waals surface area (Å²) in [4.78, 5) is 16.1. The van der Waals surface area contributed by atoms with Crippen molar-refractivity contribution >= 4 is 11.6 Å². The number of aliphatic hydroxyl groups is 1. The van der Waals surface area contributed by atoms with E-state index in [-0.39, 0.29) is 12.1 Å². The number of amides is 1. The van der Waals surface area contributed by atoms with Crippen LogP contribution in [0.2, 0.25) is 0 Å². The number of carbonyl (C=O) groups is 1. The molecule has 1 heterocycles. The van der Waals surface area contributed by atoms with Gasteiger partial charge in [0.05, 0.1) is 11.7 Å². The van der Waals surface area contributed by atoms with Crippen LogP contribution in [0, 0.1) is 0 Å². The Balaban J connectivity index is 1.66. The number of pyridine rings is 1. The molecule has 0 radical (unpaired) electrons. The zero-order valence-corrected chi connectivity index (χ0v) is 16.9. The molecule has 0 bridgehead atoms. The first kappa shape index (κ1) is 20.1. The molecule has 5 nitrogen and oxygen atoms in total. The molecule has 0 unspecified atom stereocenters. The second-order valence-electron chi connectivity index (χ2n) is 7.96. The normalized spacial score (nSPS) is 18.7. The molecule has 154 valence electrons. The van der Waals surface area contributed by atoms with Gasteiger partial charge in [-0.25, -0.2) is 0 Å². The Hall–Kier alpha value is -3.18. The van der Waals surface area contributed by atoms with Crippen molar-refractivity contribution in [1.29, 1.82) is 0 Å². The number of primary amides is 1. The van der Waals surface area contributed by atoms with E-state index in [0.29, 0.717) is 5.56 Å². The fourth-order valence-electron chi connectivity index (χ4n) is 4.16. The third-order valence-corrected chi connectivity index (χ3v) is 5.81. The molecule has 1 amide bonds. The number of aromatic nitrogens is 1. The first-order valence-electron chi connectivity index (χ1n) is 10.5. The molecule has 1 fully saturated rings. The maximum Gasteiger partial charge on any atom is 0.250 e. The quantitative estimate of drug-likeness (QED) is 0.579. The minimum atomic E-state index is -0.440. The molecule has 1 aromatic heterocycles. The molecule has 30 heavy (non-hydrogen) atoms. The number of benzene rings is 2. The number of nitrogens with one attached hydrogen (secondary N) is 1. The highest BCUT2D eigenvalue weighted by Gasteiger charge is 2.21. The minimum absolute atomic E-state index is 0.218. The second-order valence-corrected chi connectivity index (χ2v) is 7.96. The van der Waals surface area contributed by atoms with Gasteiger partial charge in [-0.1, -0.05) is 30.3 Å². The third kappa shape index (κ3) is 4.69. The van der Waals surface area contributed by atoms with Crippen LogP contribution in [0.4, 0.5) is 5.69 Å². The molecule has 0 saturated heterocycles. The lowest BCUT2D eigenvalue weighted by Gasteiger charge is -2.28. The smallest absolute Gasteiger partial charge is 0.250 e. The van der Waals surface area contributed by atoms with E-state index in [2.05, 4.69) is 22.4 Å². The van der Waals surface area contributed by atoms with Crippen molar-refractivity contribution in [3.8, 4) is 11.1 Å². The fraction of sp³-hybridized carbons (Fsp3) is 0.280. The molecule has 1 saturated carbocycles. The Labute approximate surface area is 177 Å². The molecule has 3 aromatic rings. The van der Waals surface area contributed by atoms with Crippen molar-refractivity contribution in [3.05, 3.63) is 83.7 Å². The van der Waals surface area contributed by atoms with Crippen molar-refractivity contribution in [1.82, 2.24) is 4.98 Å². The van der Waals surface area contributed by atoms with E-state index >= 15 is 0 Å². The van der Waals surface area contributed by atoms with E-state index in [1.54, 1.807) is 6.07 Å². The highest BCUT2D eigenvalue weighted by atomic mass is 16.3. The predicted octanol–water partition coefficient (Wildman–Crippen LogP) is 4.15. The number of nitrogens with two attached hydrogens (primary N) is 1. The molecule has 4 N–H and O–H groups in total. The zero-order valence-electron chi connectivity index (χ0n) is 16.9. The number of hydrogen-bond acceptors (Lipinski definition) is 4. The molecule has 0 aliphatic heterocycles. The van der Waals surface area contributed by atoms with Gasteiger partial charge >= 0.3 is 0 Å². The lowest BCUT2D eigenvalue weighted by atomic mass is 9.91. The topological polar surface area (TPSA) is 88.2 Å². The second kappa shape index (κ2) is 9.09. The van der Waals surface area contributed by atoms with Gasteiger partial charge in [0.1, 0.15) is 0 Å². The Kier molecular flexibility index (Phi) is 6.10. The maximum atomic E-state index is 12.0. The summed E-state index contributed by atoms with van der Waals surface area (Å²) in [6.07, 6.45) is 7.51. The van der Waals surface area contributed by atoms with E-state index in [1.165, 1.54) is 11.1 Å². The van der Waals surface area contributed by atoms with Gasteiger partial charge in [-0.3, -0.25) is 9.78 Å². The molecule has 2 aromatic carbocycles. The summed E-state index contributed by atoms with van der Waals surface area (Å²) in [7, 11) is 0. The van der Waals surface area contributed by atoms with Gasteiger partial charge in [-0.2, -0.15) is 0 Å². The van der Waals surface area contributed by atoms with Gasteiger partial charge < -0.3 is 16.2 Å². The monoisotopic (exact) mass is 401 g/mol. The molecular formula is C25H27N3O2. The third-order valence-electron chi connectivity index (χ3n) is 5.81. The van der Waals surface area contributed by atoms with Gasteiger partial charge in [0.15, 0.2) is 0 Å². The standard InChI is InChI=1S/C25H27N3O2/c26-25(30)23-10-5-19(16-24(23)28-20-6-8-21(29)9-7-20)22-4-2-1-3-18(22)15-17-11-13-27-14-12-17/h1-5,10-14,16,20-21,28-29H,6-9,15H2,(H2,26,30)/t20-,21-. The first-order valence-corrected chi connectivity index (χ1v) is 10.5. The lowest BCUT2D eigenvalue weighted by molar-refractivity contribution is 0.100. The number of rotatable bonds is 6. The SMILES string of the molecule is NC(=O)c1ccc(-c2ccccc2Cc2ccncc2)cc1N[C@H]1CC[C@H](O)CC1. The van der Waals surface area contributed by atoms with Gasteiger partial charge in [-0.05, 0) is 78.6 Å². The minimum Gasteiger partial charge on any atom is -0.393 e. The maximum absolute atomic E-state index is 12.0. The van der Waals surface area contributed by atoms with Crippen molar-refractivity contribution in [2.45, 2.75) is 44.2 Å². The number of anilines is 1. The lowest BCUT2D eigenvalue weighted by Crippen LogP contribution is -2.29. The van der Waals surface area contributed by atoms with Crippen LogP contribution in [-0.4, -0.2) is 28.1 Å². The summed E-state index contributed by atoms with van der Waals surface area (Å²) in [5.74, 6) is -0.440. The zero-order chi connectivity index (χ0) is 20.9. The molecule has 1 aliphatic carbocycles. The van der Waals surface area contributed by atoms with Crippen molar-refractivity contribution < 1.29 is 9.90 Å². The van der Waals surface area contributed by atoms with E-state index in [0.717, 1.165) is 48.9 Å². The molecular weight excluding hydrogens is 374 g/mol. The van der Waals surface area contributed by atoms with Crippen LogP contribution in [0.5, 0.6) is 0 Å². The average Bonchev–Trinajstić information content (AvgIpc) is 2.76. The summed E-state index contributed by atoms with van der Waals surface area (Å²) in [6, 6.07) is 18.4. The summed E-state index contributed by atoms with van der Waals surface area (Å²) >= 11 is 0. The fourth-order valence-corrected chi connectivity index (χ4v) is 4.16. The largest absolute Gasteiger partial charge is 0.393 e. The Bertz CT molecular complexity index is 1010. The highest BCUT2D eigenvalue weighted by molar-refractivity contribution is 5.99. The Morgan fingerprint density at radius 2 is 1.77 bits per heavy atom. The van der Waals surface area contributed by atoms with Gasteiger partial charge in [-0.15, -0.1) is 0 Å². The molecule has 1 aliphatic rings. The molecule has 0 spiro atoms. The summed E-state index contributed by atoms with van der Waals surface area (Å²) in [5, 5.41) is 13.3. The number of carbonyl (C=O) groups excluding carboxylic acids is 1. The average molecular weight is 402 g/mol. The van der Waals surface area contributed by atoms with Crippen LogP contribution >= 0.6 is 0 Å². The van der Waals surface area contributed by atoms with Crippen molar-refractivity contribution in [2.75, 3.05) is 5.32 Å². The van der Waals surface area contributed by atoms with Crippen LogP contribution in [0.25, 0.3) is 11.1 Å². The van der Waals surface area contributed by atoms with E-state index in [4.69, 9.17) is 5.73 Å². The highest BCUT2D eigenvalue weighted by Crippen LogP contribution is 2.31. The van der Waals surface area contributed by atoms with Crippen LogP contribution in [0.15, 0.2) is 67.0 Å². The molecule has 0 atom stereocenters. The Morgan fingerprint density at radius 3 is 2.50 bits per heavy atom. The summed E-state index contributed by atoms with van der Waals surface area (Å²) in [5.41, 5.74) is 11.5. The molecule has 4 rings (SSSR count). The number of nitrogens with zero attached hydrogens (tertiary/aromatic N) is 1. The van der Waals surface area contributed by atoms with Crippen LogP contribution in [0.1, 0.15) is 47.2 Å². The van der Waals surface area contributed by atoms with Gasteiger partial charge in [0.25, 0.3) is 5.91 Å². The van der Waals surface area contributed by atoms with E-state index in [9.17, 15) is 9.90 Å². The van der Waals surface area contributed by atoms with Crippen LogP contribution in [-0.2, 0) is 6.42 Å². The number of hydrogen-bond donors (Lipinski definition) is 3. The predicted molar refractivity (Wildman–Crippen MR) is 119 cm³/mol.